The third-order valence-corrected chi connectivity index (χ3v) is 7.70. The number of likely N-dealkylation sites (tertiary alicyclic amines) is 1. The number of hydrogen-bond acceptors (Lipinski definition) is 7. The summed E-state index contributed by atoms with van der Waals surface area (Å²) in [5, 5.41) is 14.4. The molecule has 11 heteroatoms. The molecule has 5 heterocycles. The molecular formula is C25H30N8O2S. The van der Waals surface area contributed by atoms with Gasteiger partial charge < -0.3 is 15.5 Å². The zero-order valence-electron chi connectivity index (χ0n) is 20.7. The molecule has 1 saturated heterocycles. The van der Waals surface area contributed by atoms with Gasteiger partial charge in [-0.05, 0) is 45.8 Å². The first-order chi connectivity index (χ1) is 17.4. The van der Waals surface area contributed by atoms with Crippen LogP contribution in [0.15, 0.2) is 37.1 Å². The van der Waals surface area contributed by atoms with Crippen LogP contribution >= 0.6 is 11.3 Å². The van der Waals surface area contributed by atoms with E-state index in [1.54, 1.807) is 33.9 Å². The standard InChI is InChI=1S/C25H30N8O2S/c1-16(32-7-5-4-6-8-32)9-23(34)29-19-10-21(17(2)26-12-19)30-24(35)20-13-28-33-15-22(36-25(20)33)18-11-27-31(3)14-18/h10-16H,4-9H2,1-3H3,(H,29,34)(H,30,35). The minimum absolute atomic E-state index is 0.0594. The van der Waals surface area contributed by atoms with Crippen molar-refractivity contribution in [2.45, 2.75) is 45.6 Å². The molecule has 0 aromatic carbocycles. The first-order valence-electron chi connectivity index (χ1n) is 12.2. The van der Waals surface area contributed by atoms with Crippen LogP contribution in [0.5, 0.6) is 0 Å². The van der Waals surface area contributed by atoms with E-state index in [0.29, 0.717) is 29.1 Å². The Hall–Kier alpha value is -3.57. The number of pyridine rings is 1. The summed E-state index contributed by atoms with van der Waals surface area (Å²) in [5.74, 6) is -0.340. The first-order valence-corrected chi connectivity index (χ1v) is 13.0. The monoisotopic (exact) mass is 506 g/mol. The Balaban J connectivity index is 1.27. The van der Waals surface area contributed by atoms with Crippen LogP contribution in [0.2, 0.25) is 0 Å². The van der Waals surface area contributed by atoms with E-state index in [-0.39, 0.29) is 17.9 Å². The highest BCUT2D eigenvalue weighted by Gasteiger charge is 2.21. The Morgan fingerprint density at radius 1 is 1.08 bits per heavy atom. The van der Waals surface area contributed by atoms with Crippen molar-refractivity contribution in [1.29, 1.82) is 0 Å². The zero-order chi connectivity index (χ0) is 25.2. The Morgan fingerprint density at radius 2 is 1.89 bits per heavy atom. The molecule has 188 valence electrons. The fraction of sp³-hybridized carbons (Fsp3) is 0.400. The maximum Gasteiger partial charge on any atom is 0.260 e. The predicted octanol–water partition coefficient (Wildman–Crippen LogP) is 3.96. The highest BCUT2D eigenvalue weighted by atomic mass is 32.1. The van der Waals surface area contributed by atoms with Gasteiger partial charge in [0.1, 0.15) is 4.83 Å². The number of piperidine rings is 1. The van der Waals surface area contributed by atoms with Gasteiger partial charge in [0.25, 0.3) is 5.91 Å². The van der Waals surface area contributed by atoms with Crippen molar-refractivity contribution in [1.82, 2.24) is 29.3 Å². The molecule has 0 saturated carbocycles. The van der Waals surface area contributed by atoms with Crippen LogP contribution in [0, 0.1) is 6.92 Å². The number of carbonyl (C=O) groups excluding carboxylic acids is 2. The molecule has 2 amide bonds. The van der Waals surface area contributed by atoms with Gasteiger partial charge in [0.15, 0.2) is 0 Å². The van der Waals surface area contributed by atoms with Gasteiger partial charge in [-0.2, -0.15) is 10.2 Å². The number of aromatic nitrogens is 5. The van der Waals surface area contributed by atoms with Crippen molar-refractivity contribution in [3.8, 4) is 10.4 Å². The highest BCUT2D eigenvalue weighted by Crippen LogP contribution is 2.30. The largest absolute Gasteiger partial charge is 0.325 e. The van der Waals surface area contributed by atoms with Gasteiger partial charge in [0.05, 0.1) is 46.1 Å². The molecular weight excluding hydrogens is 476 g/mol. The molecule has 4 aromatic rings. The topological polar surface area (TPSA) is 109 Å². The third-order valence-electron chi connectivity index (χ3n) is 6.54. The number of aryl methyl sites for hydroxylation is 2. The van der Waals surface area contributed by atoms with Crippen molar-refractivity contribution >= 4 is 39.4 Å². The summed E-state index contributed by atoms with van der Waals surface area (Å²) < 4.78 is 3.44. The Labute approximate surface area is 213 Å². The fourth-order valence-corrected chi connectivity index (χ4v) is 5.54. The lowest BCUT2D eigenvalue weighted by Gasteiger charge is -2.31. The van der Waals surface area contributed by atoms with Crippen LogP contribution in [0.25, 0.3) is 15.3 Å². The molecule has 1 atom stereocenters. The summed E-state index contributed by atoms with van der Waals surface area (Å²) in [5.41, 5.74) is 3.21. The minimum atomic E-state index is -0.281. The predicted molar refractivity (Wildman–Crippen MR) is 140 cm³/mol. The molecule has 4 aromatic heterocycles. The summed E-state index contributed by atoms with van der Waals surface area (Å²) >= 11 is 1.48. The lowest BCUT2D eigenvalue weighted by Crippen LogP contribution is -2.39. The molecule has 1 unspecified atom stereocenters. The number of amides is 2. The van der Waals surface area contributed by atoms with Gasteiger partial charge in [-0.1, -0.05) is 6.42 Å². The second kappa shape index (κ2) is 10.2. The molecule has 1 aliphatic rings. The van der Waals surface area contributed by atoms with Gasteiger partial charge >= 0.3 is 0 Å². The normalized spacial score (nSPS) is 15.2. The lowest BCUT2D eigenvalue weighted by atomic mass is 10.1. The zero-order valence-corrected chi connectivity index (χ0v) is 21.5. The smallest absolute Gasteiger partial charge is 0.260 e. The number of hydrogen-bond donors (Lipinski definition) is 2. The van der Waals surface area contributed by atoms with Crippen molar-refractivity contribution < 1.29 is 9.59 Å². The number of thiazole rings is 1. The Kier molecular flexibility index (Phi) is 6.84. The van der Waals surface area contributed by atoms with Crippen molar-refractivity contribution in [2.24, 2.45) is 7.05 Å². The van der Waals surface area contributed by atoms with Crippen LogP contribution in [-0.4, -0.2) is 60.2 Å². The SMILES string of the molecule is Cc1ncc(NC(=O)CC(C)N2CCCCC2)cc1NC(=O)c1cnn2cc(-c3cnn(C)c3)sc12. The summed E-state index contributed by atoms with van der Waals surface area (Å²) in [6, 6.07) is 1.94. The summed E-state index contributed by atoms with van der Waals surface area (Å²) in [6.07, 6.45) is 12.8. The number of carbonyl (C=O) groups is 2. The van der Waals surface area contributed by atoms with Gasteiger partial charge in [0, 0.05) is 37.5 Å². The molecule has 36 heavy (non-hydrogen) atoms. The van der Waals surface area contributed by atoms with E-state index in [9.17, 15) is 9.59 Å². The number of fused-ring (bicyclic) bond motifs is 1. The molecule has 2 N–H and O–H groups in total. The molecule has 0 radical (unpaired) electrons. The van der Waals surface area contributed by atoms with Gasteiger partial charge in [0.2, 0.25) is 5.91 Å². The van der Waals surface area contributed by atoms with Crippen LogP contribution in [0.1, 0.15) is 48.7 Å². The Morgan fingerprint density at radius 3 is 2.64 bits per heavy atom. The first kappa shape index (κ1) is 24.1. The van der Waals surface area contributed by atoms with E-state index in [4.69, 9.17) is 0 Å². The average molecular weight is 507 g/mol. The maximum atomic E-state index is 13.2. The summed E-state index contributed by atoms with van der Waals surface area (Å²) in [4.78, 5) is 34.3. The van der Waals surface area contributed by atoms with E-state index in [1.165, 1.54) is 30.6 Å². The maximum absolute atomic E-state index is 13.2. The van der Waals surface area contributed by atoms with E-state index in [2.05, 4.69) is 37.6 Å². The van der Waals surface area contributed by atoms with Gasteiger partial charge in [-0.25, -0.2) is 4.52 Å². The lowest BCUT2D eigenvalue weighted by molar-refractivity contribution is -0.117. The van der Waals surface area contributed by atoms with Gasteiger partial charge in [-0.3, -0.25) is 19.3 Å². The van der Waals surface area contributed by atoms with E-state index >= 15 is 0 Å². The van der Waals surface area contributed by atoms with Crippen molar-refractivity contribution in [3.05, 3.63) is 48.3 Å². The van der Waals surface area contributed by atoms with Crippen LogP contribution in [0.4, 0.5) is 11.4 Å². The molecule has 10 nitrogen and oxygen atoms in total. The number of anilines is 2. The quantitative estimate of drug-likeness (QED) is 0.393. The molecule has 1 aliphatic heterocycles. The Bertz CT molecular complexity index is 1400. The number of rotatable bonds is 7. The average Bonchev–Trinajstić information content (AvgIpc) is 3.57. The van der Waals surface area contributed by atoms with Crippen LogP contribution in [-0.2, 0) is 11.8 Å². The second-order valence-electron chi connectivity index (χ2n) is 9.32. The summed E-state index contributed by atoms with van der Waals surface area (Å²) in [7, 11) is 1.86. The third kappa shape index (κ3) is 5.17. The second-order valence-corrected chi connectivity index (χ2v) is 10.3. The number of nitrogens with one attached hydrogen (secondary N) is 2. The fourth-order valence-electron chi connectivity index (χ4n) is 4.51. The van der Waals surface area contributed by atoms with E-state index in [1.807, 2.05) is 26.4 Å². The van der Waals surface area contributed by atoms with Crippen LogP contribution in [0.3, 0.4) is 0 Å². The van der Waals surface area contributed by atoms with Crippen molar-refractivity contribution in [3.63, 3.8) is 0 Å². The molecule has 0 aliphatic carbocycles. The minimum Gasteiger partial charge on any atom is -0.325 e. The van der Waals surface area contributed by atoms with Gasteiger partial charge in [-0.15, -0.1) is 11.3 Å². The van der Waals surface area contributed by atoms with Crippen LogP contribution < -0.4 is 10.6 Å². The summed E-state index contributed by atoms with van der Waals surface area (Å²) in [6.45, 7) is 6.01. The van der Waals surface area contributed by atoms with E-state index < -0.39 is 0 Å². The molecule has 0 bridgehead atoms. The van der Waals surface area contributed by atoms with Crippen molar-refractivity contribution in [2.75, 3.05) is 23.7 Å². The molecule has 0 spiro atoms. The highest BCUT2D eigenvalue weighted by molar-refractivity contribution is 7.21. The molecule has 1 fully saturated rings. The number of nitrogens with zero attached hydrogens (tertiary/aromatic N) is 6. The molecule has 5 rings (SSSR count). The van der Waals surface area contributed by atoms with E-state index in [0.717, 1.165) is 28.4 Å².